The number of pyridine rings is 1. The van der Waals surface area contributed by atoms with Gasteiger partial charge < -0.3 is 15.1 Å². The van der Waals surface area contributed by atoms with Gasteiger partial charge in [0.15, 0.2) is 0 Å². The van der Waals surface area contributed by atoms with Gasteiger partial charge in [0, 0.05) is 61.6 Å². The Balaban J connectivity index is 1.25. The van der Waals surface area contributed by atoms with Crippen molar-refractivity contribution in [2.75, 3.05) is 38.1 Å². The molecular weight excluding hydrogens is 434 g/mol. The van der Waals surface area contributed by atoms with Crippen LogP contribution < -0.4 is 10.2 Å². The smallest absolute Gasteiger partial charge is 0.271 e. The van der Waals surface area contributed by atoms with Crippen LogP contribution in [0.2, 0.25) is 0 Å². The summed E-state index contributed by atoms with van der Waals surface area (Å²) in [5.41, 5.74) is 3.28. The number of thiazole rings is 1. The number of aromatic nitrogens is 4. The van der Waals surface area contributed by atoms with Crippen molar-refractivity contribution in [1.82, 2.24) is 30.0 Å². The van der Waals surface area contributed by atoms with E-state index in [0.717, 1.165) is 53.8 Å². The van der Waals surface area contributed by atoms with E-state index in [1.54, 1.807) is 22.5 Å². The largest absolute Gasteiger partial charge is 0.354 e. The van der Waals surface area contributed by atoms with Gasteiger partial charge in [-0.1, -0.05) is 24.3 Å². The Morgan fingerprint density at radius 1 is 1.09 bits per heavy atom. The number of amides is 1. The number of para-hydroxylation sites is 1. The number of carbonyl (C=O) groups excluding carboxylic acids is 1. The van der Waals surface area contributed by atoms with E-state index >= 15 is 0 Å². The molecule has 33 heavy (non-hydrogen) atoms. The Morgan fingerprint density at radius 3 is 2.73 bits per heavy atom. The Hall–Kier alpha value is -3.56. The predicted octanol–water partition coefficient (Wildman–Crippen LogP) is 3.07. The van der Waals surface area contributed by atoms with Crippen LogP contribution in [0.5, 0.6) is 0 Å². The van der Waals surface area contributed by atoms with Crippen molar-refractivity contribution < 1.29 is 4.79 Å². The zero-order valence-corrected chi connectivity index (χ0v) is 19.2. The highest BCUT2D eigenvalue weighted by Gasteiger charge is 2.19. The third kappa shape index (κ3) is 4.79. The topological polar surface area (TPSA) is 79.2 Å². The van der Waals surface area contributed by atoms with Crippen molar-refractivity contribution in [2.24, 2.45) is 0 Å². The van der Waals surface area contributed by atoms with Gasteiger partial charge in [0.2, 0.25) is 0 Å². The monoisotopic (exact) mass is 459 g/mol. The summed E-state index contributed by atoms with van der Waals surface area (Å²) in [6.45, 7) is 4.28. The van der Waals surface area contributed by atoms with Gasteiger partial charge in [-0.15, -0.1) is 11.3 Å². The molecule has 1 amide bonds. The third-order valence-electron chi connectivity index (χ3n) is 5.70. The van der Waals surface area contributed by atoms with Gasteiger partial charge in [0.1, 0.15) is 16.5 Å². The fraction of sp³-hybridized carbons (Fsp3) is 0.250. The first-order valence-electron chi connectivity index (χ1n) is 10.9. The quantitative estimate of drug-likeness (QED) is 0.477. The minimum absolute atomic E-state index is 0.193. The molecule has 0 saturated carbocycles. The van der Waals surface area contributed by atoms with Crippen molar-refractivity contribution in [2.45, 2.75) is 6.54 Å². The molecule has 4 aromatic rings. The van der Waals surface area contributed by atoms with Gasteiger partial charge in [-0.05, 0) is 25.2 Å². The van der Waals surface area contributed by atoms with Crippen LogP contribution in [-0.4, -0.2) is 63.8 Å². The summed E-state index contributed by atoms with van der Waals surface area (Å²) in [6, 6.07) is 13.8. The molecule has 0 atom stereocenters. The SMILES string of the molecule is CN1CCN(c2ncccc2CNC(=O)c2csc(-c3cnn(-c4ccccc4)c3)n2)CC1. The molecule has 4 heterocycles. The van der Waals surface area contributed by atoms with Gasteiger partial charge in [0.25, 0.3) is 5.91 Å². The molecule has 3 aromatic heterocycles. The second-order valence-electron chi connectivity index (χ2n) is 8.01. The van der Waals surface area contributed by atoms with Gasteiger partial charge in [-0.3, -0.25) is 4.79 Å². The van der Waals surface area contributed by atoms with Crippen molar-refractivity contribution in [3.8, 4) is 16.3 Å². The first-order chi connectivity index (χ1) is 16.2. The van der Waals surface area contributed by atoms with E-state index in [1.165, 1.54) is 11.3 Å². The first kappa shape index (κ1) is 21.3. The second kappa shape index (κ2) is 9.51. The van der Waals surface area contributed by atoms with Gasteiger partial charge >= 0.3 is 0 Å². The molecule has 0 aliphatic carbocycles. The summed E-state index contributed by atoms with van der Waals surface area (Å²) in [5.74, 6) is 0.749. The Morgan fingerprint density at radius 2 is 1.91 bits per heavy atom. The number of piperazine rings is 1. The Kier molecular flexibility index (Phi) is 6.14. The lowest BCUT2D eigenvalue weighted by Crippen LogP contribution is -2.45. The highest BCUT2D eigenvalue weighted by Crippen LogP contribution is 2.24. The molecule has 0 radical (unpaired) electrons. The maximum atomic E-state index is 12.8. The van der Waals surface area contributed by atoms with Gasteiger partial charge in [-0.2, -0.15) is 5.10 Å². The highest BCUT2D eigenvalue weighted by molar-refractivity contribution is 7.13. The lowest BCUT2D eigenvalue weighted by molar-refractivity contribution is 0.0946. The summed E-state index contributed by atoms with van der Waals surface area (Å²) in [6.07, 6.45) is 5.50. The molecule has 0 bridgehead atoms. The highest BCUT2D eigenvalue weighted by atomic mass is 32.1. The number of rotatable bonds is 6. The summed E-state index contributed by atoms with van der Waals surface area (Å²) < 4.78 is 1.80. The van der Waals surface area contributed by atoms with Crippen molar-refractivity contribution in [1.29, 1.82) is 0 Å². The molecule has 0 unspecified atom stereocenters. The number of nitrogens with one attached hydrogen (secondary N) is 1. The van der Waals surface area contributed by atoms with E-state index in [1.807, 2.05) is 48.7 Å². The van der Waals surface area contributed by atoms with E-state index in [0.29, 0.717) is 12.2 Å². The molecule has 1 aromatic carbocycles. The zero-order chi connectivity index (χ0) is 22.6. The van der Waals surface area contributed by atoms with E-state index in [4.69, 9.17) is 0 Å². The number of likely N-dealkylation sites (N-methyl/N-ethyl adjacent to an activating group) is 1. The maximum Gasteiger partial charge on any atom is 0.271 e. The van der Waals surface area contributed by atoms with E-state index < -0.39 is 0 Å². The van der Waals surface area contributed by atoms with E-state index in [-0.39, 0.29) is 5.91 Å². The molecular formula is C24H25N7OS. The van der Waals surface area contributed by atoms with Crippen molar-refractivity contribution in [3.05, 3.63) is 77.7 Å². The number of benzene rings is 1. The molecule has 1 aliphatic rings. The van der Waals surface area contributed by atoms with Crippen LogP contribution in [0.3, 0.4) is 0 Å². The fourth-order valence-corrected chi connectivity index (χ4v) is 4.58. The molecule has 1 N–H and O–H groups in total. The normalized spacial score (nSPS) is 14.4. The predicted molar refractivity (Wildman–Crippen MR) is 130 cm³/mol. The minimum Gasteiger partial charge on any atom is -0.354 e. The zero-order valence-electron chi connectivity index (χ0n) is 18.4. The van der Waals surface area contributed by atoms with E-state index in [2.05, 4.69) is 37.2 Å². The number of anilines is 1. The van der Waals surface area contributed by atoms with Crippen LogP contribution in [0.15, 0.2) is 66.4 Å². The lowest BCUT2D eigenvalue weighted by atomic mass is 10.2. The summed E-state index contributed by atoms with van der Waals surface area (Å²) >= 11 is 1.44. The number of hydrogen-bond acceptors (Lipinski definition) is 7. The third-order valence-corrected chi connectivity index (χ3v) is 6.59. The average Bonchev–Trinajstić information content (AvgIpc) is 3.54. The molecule has 1 saturated heterocycles. The van der Waals surface area contributed by atoms with E-state index in [9.17, 15) is 4.79 Å². The minimum atomic E-state index is -0.193. The maximum absolute atomic E-state index is 12.8. The van der Waals surface area contributed by atoms with Crippen LogP contribution >= 0.6 is 11.3 Å². The van der Waals surface area contributed by atoms with Crippen LogP contribution in [0.1, 0.15) is 16.1 Å². The summed E-state index contributed by atoms with van der Waals surface area (Å²) in [7, 11) is 2.13. The molecule has 168 valence electrons. The fourth-order valence-electron chi connectivity index (χ4n) is 3.80. The van der Waals surface area contributed by atoms with Gasteiger partial charge in [0.05, 0.1) is 11.9 Å². The standard InChI is InChI=1S/C24H25N7OS/c1-29-10-12-30(13-11-29)22-18(6-5-9-25-22)14-26-23(32)21-17-33-24(28-21)19-15-27-31(16-19)20-7-3-2-4-8-20/h2-9,15-17H,10-14H2,1H3,(H,26,32). The molecule has 0 spiro atoms. The first-order valence-corrected chi connectivity index (χ1v) is 11.8. The van der Waals surface area contributed by atoms with Crippen LogP contribution in [0.4, 0.5) is 5.82 Å². The molecule has 1 aliphatic heterocycles. The Labute approximate surface area is 196 Å². The van der Waals surface area contributed by atoms with Crippen LogP contribution in [0, 0.1) is 0 Å². The van der Waals surface area contributed by atoms with Crippen molar-refractivity contribution >= 4 is 23.1 Å². The summed E-state index contributed by atoms with van der Waals surface area (Å²) in [5, 5.41) is 9.98. The number of hydrogen-bond donors (Lipinski definition) is 1. The molecule has 1 fully saturated rings. The molecule has 5 rings (SSSR count). The number of carbonyl (C=O) groups is 1. The average molecular weight is 460 g/mol. The van der Waals surface area contributed by atoms with Crippen LogP contribution in [0.25, 0.3) is 16.3 Å². The van der Waals surface area contributed by atoms with Crippen LogP contribution in [-0.2, 0) is 6.54 Å². The number of nitrogens with zero attached hydrogens (tertiary/aromatic N) is 6. The molecule has 9 heteroatoms. The Bertz CT molecular complexity index is 1230. The van der Waals surface area contributed by atoms with Crippen molar-refractivity contribution in [3.63, 3.8) is 0 Å². The lowest BCUT2D eigenvalue weighted by Gasteiger charge is -2.34. The molecule has 8 nitrogen and oxygen atoms in total. The second-order valence-corrected chi connectivity index (χ2v) is 8.86. The summed E-state index contributed by atoms with van der Waals surface area (Å²) in [4.78, 5) is 26.5. The van der Waals surface area contributed by atoms with Gasteiger partial charge in [-0.25, -0.2) is 14.6 Å².